The number of nitrogens with zero attached hydrogens (tertiary/aromatic N) is 2. The van der Waals surface area contributed by atoms with Crippen LogP contribution >= 0.6 is 0 Å². The molecule has 1 aromatic carbocycles. The Morgan fingerprint density at radius 3 is 2.54 bits per heavy atom. The number of hydrogen-bond acceptors (Lipinski definition) is 6. The molecular weight excluding hydrogens is 310 g/mol. The van der Waals surface area contributed by atoms with Crippen LogP contribution in [-0.2, 0) is 0 Å². The summed E-state index contributed by atoms with van der Waals surface area (Å²) in [7, 11) is 1.41. The molecule has 1 aliphatic rings. The summed E-state index contributed by atoms with van der Waals surface area (Å²) in [6.07, 6.45) is 1.83. The molecule has 0 radical (unpaired) electrons. The maximum atomic E-state index is 11.2. The monoisotopic (exact) mass is 337 g/mol. The lowest BCUT2D eigenvalue weighted by molar-refractivity contribution is -0.385. The topological polar surface area (TPSA) is 87.9 Å². The lowest BCUT2D eigenvalue weighted by Crippen LogP contribution is -2.45. The van der Waals surface area contributed by atoms with E-state index in [0.717, 1.165) is 39.0 Å². The average Bonchev–Trinajstić information content (AvgIpc) is 2.56. The fraction of sp³-hybridized carbons (Fsp3) is 0.647. The zero-order valence-electron chi connectivity index (χ0n) is 14.6. The van der Waals surface area contributed by atoms with E-state index in [4.69, 9.17) is 4.74 Å². The summed E-state index contributed by atoms with van der Waals surface area (Å²) in [5.41, 5.74) is 0.535. The zero-order valence-corrected chi connectivity index (χ0v) is 14.6. The van der Waals surface area contributed by atoms with Crippen molar-refractivity contribution >= 4 is 5.69 Å². The molecule has 24 heavy (non-hydrogen) atoms. The number of ether oxygens (including phenoxy) is 1. The van der Waals surface area contributed by atoms with Gasteiger partial charge >= 0.3 is 0 Å². The second-order valence-electron chi connectivity index (χ2n) is 6.62. The molecule has 134 valence electrons. The van der Waals surface area contributed by atoms with E-state index in [9.17, 15) is 15.2 Å². The average molecular weight is 337 g/mol. The fourth-order valence-electron chi connectivity index (χ4n) is 3.15. The number of piperazine rings is 1. The van der Waals surface area contributed by atoms with Crippen LogP contribution in [0.15, 0.2) is 12.1 Å². The Labute approximate surface area is 142 Å². The Kier molecular flexibility index (Phi) is 6.39. The number of non-ortho nitro benzene ring substituents is 1. The minimum Gasteiger partial charge on any atom is -0.504 e. The van der Waals surface area contributed by atoms with Crippen molar-refractivity contribution in [3.05, 3.63) is 27.8 Å². The molecule has 0 aromatic heterocycles. The normalized spacial score (nSPS) is 17.0. The molecule has 1 atom stereocenters. The lowest BCUT2D eigenvalue weighted by atomic mass is 9.94. The highest BCUT2D eigenvalue weighted by Gasteiger charge is 2.28. The molecule has 1 saturated heterocycles. The molecule has 0 bridgehead atoms. The van der Waals surface area contributed by atoms with Crippen molar-refractivity contribution in [2.24, 2.45) is 5.92 Å². The largest absolute Gasteiger partial charge is 0.504 e. The van der Waals surface area contributed by atoms with Crippen LogP contribution < -0.4 is 10.1 Å². The molecule has 0 saturated carbocycles. The van der Waals surface area contributed by atoms with Gasteiger partial charge in [0.15, 0.2) is 11.5 Å². The number of methoxy groups -OCH3 is 1. The highest BCUT2D eigenvalue weighted by atomic mass is 16.6. The molecule has 2 N–H and O–H groups in total. The van der Waals surface area contributed by atoms with Gasteiger partial charge in [-0.15, -0.1) is 0 Å². The van der Waals surface area contributed by atoms with Crippen LogP contribution in [0.4, 0.5) is 5.69 Å². The van der Waals surface area contributed by atoms with Crippen LogP contribution in [0.5, 0.6) is 11.5 Å². The number of nitro groups is 1. The number of hydrogen-bond donors (Lipinski definition) is 2. The summed E-state index contributed by atoms with van der Waals surface area (Å²) >= 11 is 0. The van der Waals surface area contributed by atoms with Crippen LogP contribution in [0.3, 0.4) is 0 Å². The van der Waals surface area contributed by atoms with Crippen molar-refractivity contribution in [1.82, 2.24) is 10.2 Å². The van der Waals surface area contributed by atoms with Crippen LogP contribution in [0.25, 0.3) is 0 Å². The van der Waals surface area contributed by atoms with Crippen LogP contribution in [0, 0.1) is 16.0 Å². The van der Waals surface area contributed by atoms with E-state index in [0.29, 0.717) is 11.5 Å². The van der Waals surface area contributed by atoms with Crippen LogP contribution in [0.2, 0.25) is 0 Å². The van der Waals surface area contributed by atoms with Crippen molar-refractivity contribution in [3.8, 4) is 11.5 Å². The Balaban J connectivity index is 2.42. The molecule has 1 aliphatic heterocycles. The van der Waals surface area contributed by atoms with Crippen molar-refractivity contribution in [2.45, 2.75) is 32.7 Å². The quantitative estimate of drug-likeness (QED) is 0.587. The van der Waals surface area contributed by atoms with Crippen LogP contribution in [-0.4, -0.2) is 48.2 Å². The second kappa shape index (κ2) is 8.30. The maximum Gasteiger partial charge on any atom is 0.273 e. The van der Waals surface area contributed by atoms with E-state index < -0.39 is 4.92 Å². The lowest BCUT2D eigenvalue weighted by Gasteiger charge is -2.36. The Hall–Kier alpha value is -1.86. The summed E-state index contributed by atoms with van der Waals surface area (Å²) < 4.78 is 5.15. The van der Waals surface area contributed by atoms with Crippen LogP contribution in [0.1, 0.15) is 38.3 Å². The van der Waals surface area contributed by atoms with Gasteiger partial charge in [-0.1, -0.05) is 13.8 Å². The Bertz CT molecular complexity index is 571. The van der Waals surface area contributed by atoms with Gasteiger partial charge in [0.25, 0.3) is 5.69 Å². The van der Waals surface area contributed by atoms with Gasteiger partial charge in [-0.2, -0.15) is 0 Å². The number of aromatic hydroxyl groups is 1. The van der Waals surface area contributed by atoms with Gasteiger partial charge in [-0.05, 0) is 18.8 Å². The molecule has 7 nitrogen and oxygen atoms in total. The number of nitro benzene ring substituents is 1. The number of nitrogens with one attached hydrogen (secondary N) is 1. The third-order valence-electron chi connectivity index (χ3n) is 4.49. The summed E-state index contributed by atoms with van der Waals surface area (Å²) in [6, 6.07) is 2.71. The molecule has 0 spiro atoms. The van der Waals surface area contributed by atoms with E-state index >= 15 is 0 Å². The van der Waals surface area contributed by atoms with Gasteiger partial charge in [-0.3, -0.25) is 15.0 Å². The SMILES string of the molecule is COc1cc([N+](=O)[O-])cc([C@H](CCC(C)C)N2CCNCC2)c1O. The predicted octanol–water partition coefficient (Wildman–Crippen LogP) is 2.69. The third-order valence-corrected chi connectivity index (χ3v) is 4.49. The number of phenols is 1. The van der Waals surface area contributed by atoms with Gasteiger partial charge in [0.2, 0.25) is 0 Å². The molecule has 0 unspecified atom stereocenters. The van der Waals surface area contributed by atoms with Crippen molar-refractivity contribution in [2.75, 3.05) is 33.3 Å². The first-order valence-corrected chi connectivity index (χ1v) is 8.44. The molecule has 2 rings (SSSR count). The maximum absolute atomic E-state index is 11.2. The van der Waals surface area contributed by atoms with E-state index in [-0.39, 0.29) is 23.2 Å². The van der Waals surface area contributed by atoms with Crippen molar-refractivity contribution in [3.63, 3.8) is 0 Å². The highest BCUT2D eigenvalue weighted by Crippen LogP contribution is 2.41. The number of phenolic OH excluding ortho intramolecular Hbond substituents is 1. The van der Waals surface area contributed by atoms with E-state index in [2.05, 4.69) is 24.1 Å². The predicted molar refractivity (Wildman–Crippen MR) is 92.6 cm³/mol. The molecule has 0 aliphatic carbocycles. The van der Waals surface area contributed by atoms with Gasteiger partial charge in [-0.25, -0.2) is 0 Å². The van der Waals surface area contributed by atoms with Gasteiger partial charge in [0.05, 0.1) is 18.1 Å². The first kappa shape index (κ1) is 18.5. The zero-order chi connectivity index (χ0) is 17.7. The molecule has 1 heterocycles. The van der Waals surface area contributed by atoms with Crippen molar-refractivity contribution < 1.29 is 14.8 Å². The summed E-state index contributed by atoms with van der Waals surface area (Å²) in [5, 5.41) is 25.1. The molecule has 7 heteroatoms. The van der Waals surface area contributed by atoms with Crippen molar-refractivity contribution in [1.29, 1.82) is 0 Å². The minimum absolute atomic E-state index is 0.00962. The standard InChI is InChI=1S/C17H27N3O4/c1-12(2)4-5-15(19-8-6-18-7-9-19)14-10-13(20(22)23)11-16(24-3)17(14)21/h10-12,15,18,21H,4-9H2,1-3H3/t15-/m0/s1. The number of benzene rings is 1. The van der Waals surface area contributed by atoms with E-state index in [1.165, 1.54) is 19.2 Å². The van der Waals surface area contributed by atoms with Gasteiger partial charge in [0, 0.05) is 43.9 Å². The van der Waals surface area contributed by atoms with Gasteiger partial charge in [0.1, 0.15) is 0 Å². The summed E-state index contributed by atoms with van der Waals surface area (Å²) in [4.78, 5) is 13.1. The first-order valence-electron chi connectivity index (χ1n) is 8.44. The summed E-state index contributed by atoms with van der Waals surface area (Å²) in [5.74, 6) is 0.692. The fourth-order valence-corrected chi connectivity index (χ4v) is 3.15. The minimum atomic E-state index is -0.442. The molecular formula is C17H27N3O4. The smallest absolute Gasteiger partial charge is 0.273 e. The summed E-state index contributed by atoms with van der Waals surface area (Å²) in [6.45, 7) is 7.78. The molecule has 1 aromatic rings. The van der Waals surface area contributed by atoms with E-state index in [1.807, 2.05) is 0 Å². The molecule has 0 amide bonds. The second-order valence-corrected chi connectivity index (χ2v) is 6.62. The Morgan fingerprint density at radius 1 is 1.33 bits per heavy atom. The Morgan fingerprint density at radius 2 is 2.00 bits per heavy atom. The highest BCUT2D eigenvalue weighted by molar-refractivity contribution is 5.54. The van der Waals surface area contributed by atoms with E-state index in [1.54, 1.807) is 0 Å². The van der Waals surface area contributed by atoms with Gasteiger partial charge < -0.3 is 15.2 Å². The molecule has 1 fully saturated rings. The third kappa shape index (κ3) is 4.36. The first-order chi connectivity index (χ1) is 11.4. The number of rotatable bonds is 7.